The van der Waals surface area contributed by atoms with Gasteiger partial charge in [0.05, 0.1) is 50.5 Å². The number of nitriles is 2. The third-order valence-electron chi connectivity index (χ3n) is 21.3. The Morgan fingerprint density at radius 2 is 1.09 bits per heavy atom. The molecule has 4 bridgehead atoms. The number of hydrogen-bond donors (Lipinski definition) is 4. The van der Waals surface area contributed by atoms with E-state index in [1.165, 1.54) is 13.2 Å². The number of carbonyl (C=O) groups is 3. The van der Waals surface area contributed by atoms with E-state index in [9.17, 15) is 35.1 Å². The fourth-order valence-electron chi connectivity index (χ4n) is 17.1. The van der Waals surface area contributed by atoms with E-state index in [0.29, 0.717) is 107 Å². The first kappa shape index (κ1) is 67.8. The molecule has 8 aliphatic rings. The SMILES string of the molecule is C=CCOC(=O)Oc1c(C)c2c(c3c1CC1[C@H]4c5c(cc(C)c(OC)c5O)C[C@@H]([C@H](C#N)N1[C@H]3CNC(=O)CCc1ccccc1)N4C)OCO2.COCOc1c(OC)c(C)cc2c1[C@@H]1C3Cc4c(O)c(C)c5c(c4[C@H](CNC(=O)CCc4ccccc4)N3[C@@H](C#N)[C@H](C2)N1C)OCO5. The molecule has 6 aromatic carbocycles. The number of rotatable bonds is 18. The quantitative estimate of drug-likeness (QED) is 0.0270. The maximum absolute atomic E-state index is 13.4. The van der Waals surface area contributed by atoms with Crippen LogP contribution in [0, 0.1) is 50.4 Å². The Hall–Kier alpha value is -9.75. The van der Waals surface area contributed by atoms with Gasteiger partial charge in [0.1, 0.15) is 30.2 Å². The molecule has 99 heavy (non-hydrogen) atoms. The van der Waals surface area contributed by atoms with Crippen molar-refractivity contribution in [2.75, 3.05) is 75.5 Å². The molecule has 0 aliphatic carbocycles. The Morgan fingerprint density at radius 3 is 1.61 bits per heavy atom. The summed E-state index contributed by atoms with van der Waals surface area (Å²) < 4.78 is 58.4. The molecule has 0 aromatic heterocycles. The molecule has 6 aromatic rings. The summed E-state index contributed by atoms with van der Waals surface area (Å²) >= 11 is 0. The molecule has 10 atom stereocenters. The van der Waals surface area contributed by atoms with Gasteiger partial charge in [0.25, 0.3) is 0 Å². The standard InChI is InChI=1S/C39H42N4O8.C37H42N4O7/c1-6-14-48-39(46)51-36-22(3)37-38(50-20-49-37)32-25(36)17-27-33-31-24(15-21(2)35(47-5)34(31)45)16-26(42(33)4)28(18-40)43(27)29(32)19-41-30(44)13-12-23-10-8-7-9-11-23;1-20-13-23-14-25-27(16-38)41-26(32(40(25)3)30(23)36(34(20)45-5)46-18-44-4)15-24-31(37-35(47-19-48-37)21(2)33(24)43)28(41)17-39-29(42)12-11-22-9-7-6-8-10-22/h6-11,15,26-29,33,45H,1,12-14,16-17,19-20H2,2-5H3,(H,41,44);6-10,13,25-28,32,43H,11-12,14-15,17-19H2,1-5H3,(H,39,42)/t26-,27?,28-,29-,33-;25-,26?,27-,28-,32-/m00/s1. The number of nitrogens with zero attached hydrogens (tertiary/aromatic N) is 6. The fraction of sp³-hybridized carbons (Fsp3) is 0.434. The molecule has 4 N–H and O–H groups in total. The van der Waals surface area contributed by atoms with Crippen LogP contribution in [0.25, 0.3) is 0 Å². The highest BCUT2D eigenvalue weighted by atomic mass is 16.7. The molecule has 0 radical (unpaired) electrons. The number of carbonyl (C=O) groups excluding carboxylic acids is 3. The molecule has 0 spiro atoms. The number of fused-ring (bicyclic) bond motifs is 18. The monoisotopic (exact) mass is 1350 g/mol. The summed E-state index contributed by atoms with van der Waals surface area (Å²) in [4.78, 5) is 48.6. The minimum Gasteiger partial charge on any atom is -0.507 e. The van der Waals surface area contributed by atoms with Crippen molar-refractivity contribution in [1.82, 2.24) is 30.2 Å². The van der Waals surface area contributed by atoms with Gasteiger partial charge in [-0.3, -0.25) is 29.2 Å². The number of aryl methyl sites for hydroxylation is 4. The second-order valence-electron chi connectivity index (χ2n) is 26.6. The van der Waals surface area contributed by atoms with E-state index >= 15 is 0 Å². The second kappa shape index (κ2) is 28.2. The highest BCUT2D eigenvalue weighted by Gasteiger charge is 2.59. The minimum absolute atomic E-state index is 0.0336. The first-order valence-corrected chi connectivity index (χ1v) is 33.6. The van der Waals surface area contributed by atoms with Gasteiger partial charge in [-0.1, -0.05) is 85.5 Å². The molecule has 2 amide bonds. The van der Waals surface area contributed by atoms with Crippen molar-refractivity contribution in [1.29, 1.82) is 10.5 Å². The molecule has 23 nitrogen and oxygen atoms in total. The first-order valence-electron chi connectivity index (χ1n) is 33.6. The third kappa shape index (κ3) is 12.0. The zero-order valence-corrected chi connectivity index (χ0v) is 57.3. The summed E-state index contributed by atoms with van der Waals surface area (Å²) in [6.45, 7) is 11.5. The number of ether oxygens (including phenoxy) is 10. The van der Waals surface area contributed by atoms with Crippen LogP contribution in [0.15, 0.2) is 85.5 Å². The van der Waals surface area contributed by atoms with Crippen LogP contribution in [-0.2, 0) is 57.6 Å². The van der Waals surface area contributed by atoms with E-state index in [1.54, 1.807) is 21.1 Å². The lowest BCUT2D eigenvalue weighted by Crippen LogP contribution is -2.68. The van der Waals surface area contributed by atoms with E-state index in [4.69, 9.17) is 47.4 Å². The van der Waals surface area contributed by atoms with Gasteiger partial charge in [-0.05, 0) is 114 Å². The van der Waals surface area contributed by atoms with Crippen LogP contribution in [-0.4, -0.2) is 160 Å². The molecule has 2 fully saturated rings. The first-order chi connectivity index (χ1) is 48.0. The van der Waals surface area contributed by atoms with Gasteiger partial charge in [-0.25, -0.2) is 4.79 Å². The molecule has 14 rings (SSSR count). The number of benzene rings is 6. The van der Waals surface area contributed by atoms with Crippen LogP contribution in [0.4, 0.5) is 4.79 Å². The van der Waals surface area contributed by atoms with Crippen LogP contribution in [0.2, 0.25) is 0 Å². The largest absolute Gasteiger partial charge is 0.514 e. The summed E-state index contributed by atoms with van der Waals surface area (Å²) in [6, 6.07) is 25.4. The van der Waals surface area contributed by atoms with Gasteiger partial charge < -0.3 is 68.2 Å². The van der Waals surface area contributed by atoms with Gasteiger partial charge in [-0.15, -0.1) is 0 Å². The topological polar surface area (TPSA) is 269 Å². The second-order valence-corrected chi connectivity index (χ2v) is 26.6. The van der Waals surface area contributed by atoms with Crippen LogP contribution < -0.4 is 48.5 Å². The van der Waals surface area contributed by atoms with Gasteiger partial charge >= 0.3 is 6.16 Å². The van der Waals surface area contributed by atoms with Gasteiger partial charge in [0.2, 0.25) is 25.4 Å². The molecule has 518 valence electrons. The number of aromatic hydroxyl groups is 2. The molecular formula is C76H84N8O15. The number of hydrogen-bond acceptors (Lipinski definition) is 21. The summed E-state index contributed by atoms with van der Waals surface area (Å²) in [6.07, 6.45) is 4.26. The lowest BCUT2D eigenvalue weighted by Gasteiger charge is -2.60. The minimum atomic E-state index is -0.899. The fourth-order valence-corrected chi connectivity index (χ4v) is 17.1. The van der Waals surface area contributed by atoms with E-state index in [2.05, 4.69) is 62.1 Å². The molecule has 8 heterocycles. The molecule has 2 unspecified atom stereocenters. The Morgan fingerprint density at radius 1 is 0.606 bits per heavy atom. The zero-order valence-electron chi connectivity index (χ0n) is 57.3. The molecular weight excluding hydrogens is 1260 g/mol. The Bertz CT molecular complexity index is 4230. The normalized spacial score (nSPS) is 23.3. The Balaban J connectivity index is 0.000000178. The van der Waals surface area contributed by atoms with E-state index < -0.39 is 36.4 Å². The maximum Gasteiger partial charge on any atom is 0.514 e. The number of phenols is 2. The summed E-state index contributed by atoms with van der Waals surface area (Å²) in [5, 5.41) is 51.6. The average Bonchev–Trinajstić information content (AvgIpc) is 1.34. The summed E-state index contributed by atoms with van der Waals surface area (Å²) in [7, 11) is 8.81. The van der Waals surface area contributed by atoms with E-state index in [0.717, 1.165) is 55.6 Å². The van der Waals surface area contributed by atoms with Gasteiger partial charge in [0, 0.05) is 102 Å². The predicted octanol–water partition coefficient (Wildman–Crippen LogP) is 9.22. The van der Waals surface area contributed by atoms with Crippen molar-refractivity contribution in [3.05, 3.63) is 163 Å². The number of likely N-dealkylation sites (N-methyl/N-ethyl adjacent to an activating group) is 2. The van der Waals surface area contributed by atoms with Crippen LogP contribution in [0.5, 0.6) is 57.5 Å². The lowest BCUT2D eigenvalue weighted by atomic mass is 9.71. The van der Waals surface area contributed by atoms with Crippen LogP contribution >= 0.6 is 0 Å². The van der Waals surface area contributed by atoms with Crippen molar-refractivity contribution in [2.24, 2.45) is 0 Å². The van der Waals surface area contributed by atoms with Crippen molar-refractivity contribution in [2.45, 2.75) is 139 Å². The predicted molar refractivity (Wildman–Crippen MR) is 363 cm³/mol. The van der Waals surface area contributed by atoms with Gasteiger partial charge in [-0.2, -0.15) is 10.5 Å². The average molecular weight is 1350 g/mol. The highest BCUT2D eigenvalue weighted by Crippen LogP contribution is 2.61. The number of phenolic OH excluding ortho intramolecular Hbond substituents is 2. The molecule has 8 aliphatic heterocycles. The Kier molecular flexibility index (Phi) is 19.3. The molecule has 0 saturated carbocycles. The number of methoxy groups -OCH3 is 3. The summed E-state index contributed by atoms with van der Waals surface area (Å²) in [5.74, 6) is 3.97. The third-order valence-corrected chi connectivity index (χ3v) is 21.3. The van der Waals surface area contributed by atoms with Crippen molar-refractivity contribution < 1.29 is 72.0 Å². The summed E-state index contributed by atoms with van der Waals surface area (Å²) in [5.41, 5.74) is 11.8. The number of piperazine rings is 2. The Labute approximate surface area is 576 Å². The highest BCUT2D eigenvalue weighted by molar-refractivity contribution is 5.78. The number of amides is 2. The van der Waals surface area contributed by atoms with Crippen LogP contribution in [0.3, 0.4) is 0 Å². The molecule has 23 heteroatoms. The lowest BCUT2D eigenvalue weighted by molar-refractivity contribution is -0.123. The van der Waals surface area contributed by atoms with Crippen molar-refractivity contribution >= 4 is 18.0 Å². The van der Waals surface area contributed by atoms with Gasteiger partial charge in [0.15, 0.2) is 52.8 Å². The van der Waals surface area contributed by atoms with Crippen LogP contribution in [0.1, 0.15) is 115 Å². The number of nitrogens with one attached hydrogen (secondary N) is 2. The van der Waals surface area contributed by atoms with Crippen molar-refractivity contribution in [3.8, 4) is 69.6 Å². The smallest absolute Gasteiger partial charge is 0.507 e. The van der Waals surface area contributed by atoms with E-state index in [1.807, 2.05) is 94.5 Å². The zero-order chi connectivity index (χ0) is 69.7. The van der Waals surface area contributed by atoms with E-state index in [-0.39, 0.29) is 106 Å². The maximum atomic E-state index is 13.4. The molecule has 2 saturated heterocycles. The van der Waals surface area contributed by atoms with Crippen molar-refractivity contribution in [3.63, 3.8) is 0 Å².